The molecular formula is C31H35Cl2N3O4S. The van der Waals surface area contributed by atoms with Gasteiger partial charge in [0.2, 0.25) is 11.8 Å². The Labute approximate surface area is 252 Å². The monoisotopic (exact) mass is 615 g/mol. The zero-order chi connectivity index (χ0) is 29.6. The molecular weight excluding hydrogens is 581 g/mol. The molecule has 0 aromatic heterocycles. The third-order valence-electron chi connectivity index (χ3n) is 7.36. The molecule has 1 aliphatic carbocycles. The van der Waals surface area contributed by atoms with Crippen molar-refractivity contribution in [2.45, 2.75) is 69.5 Å². The van der Waals surface area contributed by atoms with Crippen LogP contribution in [0.2, 0.25) is 10.0 Å². The van der Waals surface area contributed by atoms with Gasteiger partial charge in [-0.2, -0.15) is 0 Å². The van der Waals surface area contributed by atoms with E-state index in [2.05, 4.69) is 5.32 Å². The maximum atomic E-state index is 14.1. The summed E-state index contributed by atoms with van der Waals surface area (Å²) in [6.07, 6.45) is 4.30. The molecule has 41 heavy (non-hydrogen) atoms. The highest BCUT2D eigenvalue weighted by Gasteiger charge is 2.34. The molecule has 0 spiro atoms. The topological polar surface area (TPSA) is 86.8 Å². The summed E-state index contributed by atoms with van der Waals surface area (Å²) >= 11 is 12.2. The molecule has 0 radical (unpaired) electrons. The number of hydrogen-bond acceptors (Lipinski definition) is 4. The van der Waals surface area contributed by atoms with Crippen LogP contribution >= 0.6 is 23.2 Å². The maximum Gasteiger partial charge on any atom is 0.264 e. The highest BCUT2D eigenvalue weighted by atomic mass is 35.5. The van der Waals surface area contributed by atoms with Crippen LogP contribution < -0.4 is 9.62 Å². The van der Waals surface area contributed by atoms with Gasteiger partial charge < -0.3 is 10.2 Å². The second-order valence-electron chi connectivity index (χ2n) is 10.4. The van der Waals surface area contributed by atoms with Crippen LogP contribution in [-0.2, 0) is 26.2 Å². The summed E-state index contributed by atoms with van der Waals surface area (Å²) in [6.45, 7) is 3.33. The maximum absolute atomic E-state index is 14.1. The van der Waals surface area contributed by atoms with Gasteiger partial charge in [0.1, 0.15) is 12.6 Å². The molecule has 3 aromatic rings. The van der Waals surface area contributed by atoms with Crippen LogP contribution in [0, 0.1) is 6.92 Å². The Morgan fingerprint density at radius 3 is 2.02 bits per heavy atom. The van der Waals surface area contributed by atoms with Crippen LogP contribution in [0.3, 0.4) is 0 Å². The van der Waals surface area contributed by atoms with Crippen LogP contribution in [0.5, 0.6) is 0 Å². The molecule has 2 amide bonds. The number of aryl methyl sites for hydroxylation is 1. The fourth-order valence-electron chi connectivity index (χ4n) is 5.05. The molecule has 1 aliphatic rings. The van der Waals surface area contributed by atoms with Crippen LogP contribution in [0.15, 0.2) is 77.7 Å². The molecule has 10 heteroatoms. The van der Waals surface area contributed by atoms with Crippen molar-refractivity contribution in [3.8, 4) is 0 Å². The average Bonchev–Trinajstić information content (AvgIpc) is 3.46. The summed E-state index contributed by atoms with van der Waals surface area (Å²) in [5.41, 5.74) is 1.97. The van der Waals surface area contributed by atoms with Crippen molar-refractivity contribution in [2.24, 2.45) is 0 Å². The van der Waals surface area contributed by atoms with E-state index in [1.54, 1.807) is 60.7 Å². The smallest absolute Gasteiger partial charge is 0.264 e. The van der Waals surface area contributed by atoms with Crippen molar-refractivity contribution in [3.63, 3.8) is 0 Å². The van der Waals surface area contributed by atoms with Gasteiger partial charge in [-0.05, 0) is 80.3 Å². The SMILES string of the molecule is CCC(C(=O)NC1CCCC1)N(Cc1ccc(Cl)cc1)C(=O)CN(c1ccc(Cl)cc1)S(=O)(=O)c1ccc(C)cc1. The minimum absolute atomic E-state index is 0.0566. The molecule has 1 saturated carbocycles. The lowest BCUT2D eigenvalue weighted by Crippen LogP contribution is -2.53. The average molecular weight is 617 g/mol. The summed E-state index contributed by atoms with van der Waals surface area (Å²) in [7, 11) is -4.14. The largest absolute Gasteiger partial charge is 0.352 e. The van der Waals surface area contributed by atoms with E-state index in [0.29, 0.717) is 22.2 Å². The van der Waals surface area contributed by atoms with E-state index >= 15 is 0 Å². The molecule has 4 rings (SSSR count). The molecule has 1 fully saturated rings. The van der Waals surface area contributed by atoms with Gasteiger partial charge in [0.15, 0.2) is 0 Å². The molecule has 7 nitrogen and oxygen atoms in total. The first-order valence-electron chi connectivity index (χ1n) is 13.8. The fourth-order valence-corrected chi connectivity index (χ4v) is 6.71. The summed E-state index contributed by atoms with van der Waals surface area (Å²) < 4.78 is 28.9. The van der Waals surface area contributed by atoms with Crippen LogP contribution in [-0.4, -0.2) is 43.8 Å². The number of amides is 2. The minimum atomic E-state index is -4.14. The second kappa shape index (κ2) is 13.7. The zero-order valence-electron chi connectivity index (χ0n) is 23.2. The Morgan fingerprint density at radius 2 is 1.46 bits per heavy atom. The fraction of sp³-hybridized carbons (Fsp3) is 0.355. The normalized spacial score (nSPS) is 14.4. The van der Waals surface area contributed by atoms with Gasteiger partial charge in [-0.15, -0.1) is 0 Å². The third-order valence-corrected chi connectivity index (χ3v) is 9.65. The van der Waals surface area contributed by atoms with Crippen molar-refractivity contribution < 1.29 is 18.0 Å². The van der Waals surface area contributed by atoms with Gasteiger partial charge in [-0.25, -0.2) is 8.42 Å². The first-order chi connectivity index (χ1) is 19.6. The number of benzene rings is 3. The van der Waals surface area contributed by atoms with Crippen molar-refractivity contribution in [1.29, 1.82) is 0 Å². The molecule has 0 heterocycles. The molecule has 0 saturated heterocycles. The minimum Gasteiger partial charge on any atom is -0.352 e. The number of nitrogens with zero attached hydrogens (tertiary/aromatic N) is 2. The second-order valence-corrected chi connectivity index (χ2v) is 13.1. The number of rotatable bonds is 11. The standard InChI is InChI=1S/C31H35Cl2N3O4S/c1-3-29(31(38)34-26-6-4-5-7-26)35(20-23-10-12-24(32)13-11-23)30(37)21-36(27-16-14-25(33)15-17-27)41(39,40)28-18-8-22(2)9-19-28/h8-19,26,29H,3-7,20-21H2,1-2H3,(H,34,38). The Morgan fingerprint density at radius 1 is 0.902 bits per heavy atom. The van der Waals surface area contributed by atoms with Crippen LogP contribution in [0.1, 0.15) is 50.2 Å². The van der Waals surface area contributed by atoms with E-state index in [1.807, 2.05) is 13.8 Å². The number of hydrogen-bond donors (Lipinski definition) is 1. The summed E-state index contributed by atoms with van der Waals surface area (Å²) in [6, 6.07) is 19.1. The van der Waals surface area contributed by atoms with E-state index < -0.39 is 28.5 Å². The van der Waals surface area contributed by atoms with Gasteiger partial charge in [-0.3, -0.25) is 13.9 Å². The van der Waals surface area contributed by atoms with Crippen LogP contribution in [0.4, 0.5) is 5.69 Å². The predicted molar refractivity (Wildman–Crippen MR) is 164 cm³/mol. The summed E-state index contributed by atoms with van der Waals surface area (Å²) in [5, 5.41) is 4.10. The highest BCUT2D eigenvalue weighted by molar-refractivity contribution is 7.92. The third kappa shape index (κ3) is 7.82. The van der Waals surface area contributed by atoms with E-state index in [1.165, 1.54) is 17.0 Å². The summed E-state index contributed by atoms with van der Waals surface area (Å²) in [4.78, 5) is 29.1. The lowest BCUT2D eigenvalue weighted by molar-refractivity contribution is -0.140. The van der Waals surface area contributed by atoms with Gasteiger partial charge in [0.25, 0.3) is 10.0 Å². The number of halogens is 2. The van der Waals surface area contributed by atoms with E-state index in [-0.39, 0.29) is 23.4 Å². The number of nitrogens with one attached hydrogen (secondary N) is 1. The lowest BCUT2D eigenvalue weighted by Gasteiger charge is -2.33. The van der Waals surface area contributed by atoms with Crippen molar-refractivity contribution >= 4 is 50.7 Å². The highest BCUT2D eigenvalue weighted by Crippen LogP contribution is 2.27. The molecule has 3 aromatic carbocycles. The van der Waals surface area contributed by atoms with E-state index in [0.717, 1.165) is 41.1 Å². The van der Waals surface area contributed by atoms with Crippen molar-refractivity contribution in [1.82, 2.24) is 10.2 Å². The van der Waals surface area contributed by atoms with E-state index in [4.69, 9.17) is 23.2 Å². The number of carbonyl (C=O) groups excluding carboxylic acids is 2. The Kier molecular flexibility index (Phi) is 10.3. The number of carbonyl (C=O) groups is 2. The molecule has 1 N–H and O–H groups in total. The first kappa shape index (κ1) is 30.9. The first-order valence-corrected chi connectivity index (χ1v) is 16.0. The quantitative estimate of drug-likeness (QED) is 0.272. The summed E-state index contributed by atoms with van der Waals surface area (Å²) in [5.74, 6) is -0.736. The lowest BCUT2D eigenvalue weighted by atomic mass is 10.1. The molecule has 1 unspecified atom stereocenters. The molecule has 218 valence electrons. The zero-order valence-corrected chi connectivity index (χ0v) is 25.6. The van der Waals surface area contributed by atoms with Crippen molar-refractivity contribution in [2.75, 3.05) is 10.8 Å². The van der Waals surface area contributed by atoms with Gasteiger partial charge in [0, 0.05) is 22.6 Å². The Hall–Kier alpha value is -3.07. The van der Waals surface area contributed by atoms with E-state index in [9.17, 15) is 18.0 Å². The molecule has 1 atom stereocenters. The van der Waals surface area contributed by atoms with Gasteiger partial charge in [-0.1, -0.05) is 72.8 Å². The van der Waals surface area contributed by atoms with Gasteiger partial charge >= 0.3 is 0 Å². The predicted octanol–water partition coefficient (Wildman–Crippen LogP) is 6.36. The molecule has 0 aliphatic heterocycles. The number of anilines is 1. The Bertz CT molecular complexity index is 1440. The van der Waals surface area contributed by atoms with Gasteiger partial charge in [0.05, 0.1) is 10.6 Å². The van der Waals surface area contributed by atoms with Crippen molar-refractivity contribution in [3.05, 3.63) is 94.0 Å². The Balaban J connectivity index is 1.70. The molecule has 0 bridgehead atoms. The van der Waals surface area contributed by atoms with Crippen LogP contribution in [0.25, 0.3) is 0 Å². The number of sulfonamides is 1.